The topological polar surface area (TPSA) is 65.4 Å². The molecule has 5 nitrogen and oxygen atoms in total. The van der Waals surface area contributed by atoms with Crippen LogP contribution in [0.3, 0.4) is 0 Å². The molecule has 2 aromatic heterocycles. The van der Waals surface area contributed by atoms with Crippen molar-refractivity contribution >= 4 is 5.65 Å². The van der Waals surface area contributed by atoms with Crippen LogP contribution in [-0.2, 0) is 0 Å². The van der Waals surface area contributed by atoms with Crippen molar-refractivity contribution in [1.82, 2.24) is 14.6 Å². The summed E-state index contributed by atoms with van der Waals surface area (Å²) < 4.78 is 6.94. The molecule has 2 heterocycles. The van der Waals surface area contributed by atoms with Crippen LogP contribution in [0.1, 0.15) is 0 Å². The molecule has 0 atom stereocenters. The highest BCUT2D eigenvalue weighted by molar-refractivity contribution is 5.37. The molecule has 68 valence electrons. The Kier molecular flexibility index (Phi) is 2.09. The van der Waals surface area contributed by atoms with Gasteiger partial charge in [-0.1, -0.05) is 0 Å². The van der Waals surface area contributed by atoms with E-state index < -0.39 is 0 Å². The molecule has 0 aliphatic carbocycles. The van der Waals surface area contributed by atoms with Crippen molar-refractivity contribution in [1.29, 1.82) is 0 Å². The maximum atomic E-state index is 5.30. The molecule has 0 saturated heterocycles. The van der Waals surface area contributed by atoms with Crippen LogP contribution >= 0.6 is 0 Å². The van der Waals surface area contributed by atoms with Gasteiger partial charge in [0.25, 0.3) is 0 Å². The number of ether oxygens (including phenoxy) is 1. The Morgan fingerprint density at radius 3 is 3.31 bits per heavy atom. The van der Waals surface area contributed by atoms with Gasteiger partial charge in [0.2, 0.25) is 0 Å². The first kappa shape index (κ1) is 8.00. The van der Waals surface area contributed by atoms with E-state index in [2.05, 4.69) is 10.1 Å². The van der Waals surface area contributed by atoms with E-state index >= 15 is 0 Å². The van der Waals surface area contributed by atoms with Crippen LogP contribution in [0.2, 0.25) is 0 Å². The fourth-order valence-corrected chi connectivity index (χ4v) is 1.04. The normalized spacial score (nSPS) is 10.5. The van der Waals surface area contributed by atoms with Gasteiger partial charge in [0.1, 0.15) is 6.61 Å². The van der Waals surface area contributed by atoms with Crippen LogP contribution in [0.5, 0.6) is 5.75 Å². The van der Waals surface area contributed by atoms with Crippen molar-refractivity contribution < 1.29 is 4.74 Å². The summed E-state index contributed by atoms with van der Waals surface area (Å²) in [6, 6.07) is 1.83. The molecule has 5 heteroatoms. The molecule has 0 aliphatic rings. The second-order valence-electron chi connectivity index (χ2n) is 2.56. The number of nitrogens with two attached hydrogens (primary N) is 1. The molecule has 0 aliphatic heterocycles. The summed E-state index contributed by atoms with van der Waals surface area (Å²) in [4.78, 5) is 4.13. The highest BCUT2D eigenvalue weighted by Crippen LogP contribution is 2.08. The Morgan fingerprint density at radius 2 is 2.46 bits per heavy atom. The summed E-state index contributed by atoms with van der Waals surface area (Å²) in [5.41, 5.74) is 6.11. The maximum Gasteiger partial charge on any atom is 0.156 e. The first-order valence-corrected chi connectivity index (χ1v) is 4.02. The number of rotatable bonds is 3. The fraction of sp³-hybridized carbons (Fsp3) is 0.250. The van der Waals surface area contributed by atoms with Gasteiger partial charge in [-0.3, -0.25) is 0 Å². The number of hydrogen-bond acceptors (Lipinski definition) is 4. The van der Waals surface area contributed by atoms with Gasteiger partial charge in [-0.05, 0) is 0 Å². The van der Waals surface area contributed by atoms with E-state index in [-0.39, 0.29) is 0 Å². The van der Waals surface area contributed by atoms with Gasteiger partial charge in [0.15, 0.2) is 11.4 Å². The summed E-state index contributed by atoms with van der Waals surface area (Å²) >= 11 is 0. The molecule has 0 spiro atoms. The van der Waals surface area contributed by atoms with Gasteiger partial charge in [-0.25, -0.2) is 9.50 Å². The standard InChI is InChI=1S/C8H10N4O/c9-2-4-13-7-5-10-8-1-3-11-12(8)6-7/h1,3,5-6H,2,4,9H2. The Hall–Kier alpha value is -1.62. The van der Waals surface area contributed by atoms with E-state index in [0.29, 0.717) is 18.9 Å². The lowest BCUT2D eigenvalue weighted by atomic mass is 10.5. The summed E-state index contributed by atoms with van der Waals surface area (Å²) in [6.07, 6.45) is 5.12. The molecule has 2 N–H and O–H groups in total. The lowest BCUT2D eigenvalue weighted by molar-refractivity contribution is 0.325. The Morgan fingerprint density at radius 1 is 1.54 bits per heavy atom. The SMILES string of the molecule is NCCOc1cnc2ccnn2c1. The quantitative estimate of drug-likeness (QED) is 0.722. The van der Waals surface area contributed by atoms with Crippen molar-refractivity contribution in [2.24, 2.45) is 5.73 Å². The third kappa shape index (κ3) is 1.59. The average Bonchev–Trinajstić information content (AvgIpc) is 2.61. The van der Waals surface area contributed by atoms with E-state index in [4.69, 9.17) is 10.5 Å². The highest BCUT2D eigenvalue weighted by Gasteiger charge is 1.97. The molecule has 2 aromatic rings. The fourth-order valence-electron chi connectivity index (χ4n) is 1.04. The lowest BCUT2D eigenvalue weighted by Gasteiger charge is -2.03. The molecule has 2 rings (SSSR count). The van der Waals surface area contributed by atoms with Crippen molar-refractivity contribution in [3.8, 4) is 5.75 Å². The number of hydrogen-bond donors (Lipinski definition) is 1. The zero-order valence-electron chi connectivity index (χ0n) is 7.05. The molecule has 0 radical (unpaired) electrons. The number of fused-ring (bicyclic) bond motifs is 1. The summed E-state index contributed by atoms with van der Waals surface area (Å²) in [7, 11) is 0. The largest absolute Gasteiger partial charge is 0.489 e. The minimum Gasteiger partial charge on any atom is -0.489 e. The van der Waals surface area contributed by atoms with Crippen LogP contribution < -0.4 is 10.5 Å². The van der Waals surface area contributed by atoms with Crippen LogP contribution in [-0.4, -0.2) is 27.7 Å². The number of nitrogens with zero attached hydrogens (tertiary/aromatic N) is 3. The molecule has 0 saturated carbocycles. The van der Waals surface area contributed by atoms with Crippen molar-refractivity contribution in [3.05, 3.63) is 24.7 Å². The Bertz CT molecular complexity index is 398. The summed E-state index contributed by atoms with van der Waals surface area (Å²) in [5.74, 6) is 0.682. The van der Waals surface area contributed by atoms with E-state index in [1.54, 1.807) is 23.1 Å². The first-order chi connectivity index (χ1) is 6.40. The second-order valence-corrected chi connectivity index (χ2v) is 2.56. The monoisotopic (exact) mass is 178 g/mol. The van der Waals surface area contributed by atoms with E-state index in [1.807, 2.05) is 6.07 Å². The van der Waals surface area contributed by atoms with Crippen molar-refractivity contribution in [2.75, 3.05) is 13.2 Å². The average molecular weight is 178 g/mol. The van der Waals surface area contributed by atoms with Crippen LogP contribution in [0, 0.1) is 0 Å². The lowest BCUT2D eigenvalue weighted by Crippen LogP contribution is -2.11. The molecule has 0 aromatic carbocycles. The predicted octanol–water partition coefficient (Wildman–Crippen LogP) is 0.0668. The Labute approximate surface area is 75.1 Å². The van der Waals surface area contributed by atoms with Gasteiger partial charge in [-0.2, -0.15) is 5.10 Å². The van der Waals surface area contributed by atoms with E-state index in [1.165, 1.54) is 0 Å². The molecular weight excluding hydrogens is 168 g/mol. The van der Waals surface area contributed by atoms with Gasteiger partial charge >= 0.3 is 0 Å². The highest BCUT2D eigenvalue weighted by atomic mass is 16.5. The van der Waals surface area contributed by atoms with E-state index in [9.17, 15) is 0 Å². The molecule has 0 unspecified atom stereocenters. The zero-order chi connectivity index (χ0) is 9.10. The minimum atomic E-state index is 0.494. The second kappa shape index (κ2) is 3.40. The van der Waals surface area contributed by atoms with Gasteiger partial charge in [0.05, 0.1) is 18.6 Å². The third-order valence-corrected chi connectivity index (χ3v) is 1.61. The third-order valence-electron chi connectivity index (χ3n) is 1.61. The first-order valence-electron chi connectivity index (χ1n) is 4.02. The van der Waals surface area contributed by atoms with Gasteiger partial charge in [-0.15, -0.1) is 0 Å². The van der Waals surface area contributed by atoms with Crippen molar-refractivity contribution in [2.45, 2.75) is 0 Å². The number of aromatic nitrogens is 3. The Balaban J connectivity index is 2.26. The predicted molar refractivity (Wildman–Crippen MR) is 47.5 cm³/mol. The molecule has 0 bridgehead atoms. The molecular formula is C8H10N4O. The maximum absolute atomic E-state index is 5.30. The van der Waals surface area contributed by atoms with Crippen molar-refractivity contribution in [3.63, 3.8) is 0 Å². The molecule has 0 amide bonds. The van der Waals surface area contributed by atoms with Crippen LogP contribution in [0.4, 0.5) is 0 Å². The molecule has 13 heavy (non-hydrogen) atoms. The van der Waals surface area contributed by atoms with Gasteiger partial charge < -0.3 is 10.5 Å². The van der Waals surface area contributed by atoms with Gasteiger partial charge in [0, 0.05) is 12.6 Å². The van der Waals surface area contributed by atoms with Crippen LogP contribution in [0.15, 0.2) is 24.7 Å². The minimum absolute atomic E-state index is 0.494. The summed E-state index contributed by atoms with van der Waals surface area (Å²) in [5, 5.41) is 4.03. The van der Waals surface area contributed by atoms with E-state index in [0.717, 1.165) is 5.65 Å². The summed E-state index contributed by atoms with van der Waals surface area (Å²) in [6.45, 7) is 0.992. The smallest absolute Gasteiger partial charge is 0.156 e. The molecule has 0 fully saturated rings. The van der Waals surface area contributed by atoms with Crippen LogP contribution in [0.25, 0.3) is 5.65 Å². The zero-order valence-corrected chi connectivity index (χ0v) is 7.05.